The largest absolute Gasteiger partial charge is 0.395 e. The molecule has 2 N–H and O–H groups in total. The molecule has 3 heteroatoms. The van der Waals surface area contributed by atoms with Crippen LogP contribution in [-0.2, 0) is 0 Å². The number of hydrogen-bond donors (Lipinski definition) is 2. The Bertz CT molecular complexity index is 526. The Labute approximate surface area is 127 Å². The number of benzene rings is 1. The summed E-state index contributed by atoms with van der Waals surface area (Å²) in [6, 6.07) is 5.73. The molecule has 1 amide bonds. The molecule has 0 aromatic heterocycles. The van der Waals surface area contributed by atoms with Crippen molar-refractivity contribution in [3.63, 3.8) is 0 Å². The maximum absolute atomic E-state index is 12.2. The third-order valence-corrected chi connectivity index (χ3v) is 3.32. The van der Waals surface area contributed by atoms with Crippen LogP contribution in [0.2, 0.25) is 0 Å². The quantitative estimate of drug-likeness (QED) is 0.790. The highest BCUT2D eigenvalue weighted by molar-refractivity contribution is 5.94. The first-order valence-corrected chi connectivity index (χ1v) is 7.59. The monoisotopic (exact) mass is 287 g/mol. The average Bonchev–Trinajstić information content (AvgIpc) is 2.46. The Morgan fingerprint density at radius 1 is 1.43 bits per heavy atom. The van der Waals surface area contributed by atoms with Crippen molar-refractivity contribution < 1.29 is 9.90 Å². The minimum atomic E-state index is -0.0310. The molecule has 0 fully saturated rings. The van der Waals surface area contributed by atoms with E-state index in [0.717, 1.165) is 30.4 Å². The smallest absolute Gasteiger partial charge is 0.251 e. The summed E-state index contributed by atoms with van der Waals surface area (Å²) in [5.41, 5.74) is 2.55. The van der Waals surface area contributed by atoms with Gasteiger partial charge in [0.2, 0.25) is 0 Å². The number of carbonyl (C=O) groups is 1. The van der Waals surface area contributed by atoms with E-state index in [1.165, 1.54) is 0 Å². The second-order valence-corrected chi connectivity index (χ2v) is 5.32. The molecular weight excluding hydrogens is 262 g/mol. The summed E-state index contributed by atoms with van der Waals surface area (Å²) in [7, 11) is 0. The van der Waals surface area contributed by atoms with Crippen molar-refractivity contribution >= 4 is 5.91 Å². The predicted octanol–water partition coefficient (Wildman–Crippen LogP) is 3.04. The normalized spacial score (nSPS) is 11.4. The van der Waals surface area contributed by atoms with Gasteiger partial charge in [-0.2, -0.15) is 0 Å². The van der Waals surface area contributed by atoms with Crippen molar-refractivity contribution in [1.29, 1.82) is 0 Å². The van der Waals surface area contributed by atoms with E-state index in [4.69, 9.17) is 5.11 Å². The molecule has 3 nitrogen and oxygen atoms in total. The minimum Gasteiger partial charge on any atom is -0.395 e. The minimum absolute atomic E-state index is 0.0310. The van der Waals surface area contributed by atoms with Gasteiger partial charge in [0.15, 0.2) is 0 Å². The summed E-state index contributed by atoms with van der Waals surface area (Å²) < 4.78 is 0. The Balaban J connectivity index is 2.70. The van der Waals surface area contributed by atoms with Crippen molar-refractivity contribution in [3.8, 4) is 11.8 Å². The standard InChI is InChI=1S/C18H25NO2/c1-4-5-8-15(3)19-18(21)17-11-10-16(14(2)13-17)9-6-7-12-20/h10-11,13,15,20H,4-5,7-8,12H2,1-3H3,(H,19,21). The molecule has 1 aromatic rings. The summed E-state index contributed by atoms with van der Waals surface area (Å²) >= 11 is 0. The van der Waals surface area contributed by atoms with Crippen LogP contribution >= 0.6 is 0 Å². The molecule has 0 spiro atoms. The van der Waals surface area contributed by atoms with Crippen LogP contribution in [0.1, 0.15) is 61.0 Å². The van der Waals surface area contributed by atoms with Gasteiger partial charge in [0, 0.05) is 23.6 Å². The van der Waals surface area contributed by atoms with E-state index in [1.54, 1.807) is 6.07 Å². The molecule has 1 aromatic carbocycles. The van der Waals surface area contributed by atoms with Gasteiger partial charge < -0.3 is 10.4 Å². The summed E-state index contributed by atoms with van der Waals surface area (Å²) in [6.07, 6.45) is 3.74. The number of hydrogen-bond acceptors (Lipinski definition) is 2. The number of aryl methyl sites for hydroxylation is 1. The van der Waals surface area contributed by atoms with Gasteiger partial charge in [-0.3, -0.25) is 4.79 Å². The van der Waals surface area contributed by atoms with Crippen molar-refractivity contribution in [3.05, 3.63) is 34.9 Å². The Hall–Kier alpha value is -1.79. The Morgan fingerprint density at radius 2 is 2.19 bits per heavy atom. The lowest BCUT2D eigenvalue weighted by molar-refractivity contribution is 0.0938. The van der Waals surface area contributed by atoms with Crippen LogP contribution in [0, 0.1) is 18.8 Å². The van der Waals surface area contributed by atoms with Crippen LogP contribution < -0.4 is 5.32 Å². The van der Waals surface area contributed by atoms with Gasteiger partial charge >= 0.3 is 0 Å². The van der Waals surface area contributed by atoms with E-state index >= 15 is 0 Å². The topological polar surface area (TPSA) is 49.3 Å². The van der Waals surface area contributed by atoms with E-state index < -0.39 is 0 Å². The molecule has 0 aliphatic heterocycles. The zero-order valence-corrected chi connectivity index (χ0v) is 13.2. The number of nitrogens with one attached hydrogen (secondary N) is 1. The molecule has 0 aliphatic rings. The lowest BCUT2D eigenvalue weighted by Gasteiger charge is -2.13. The van der Waals surface area contributed by atoms with Crippen molar-refractivity contribution in [1.82, 2.24) is 5.32 Å². The fourth-order valence-electron chi connectivity index (χ4n) is 2.05. The fourth-order valence-corrected chi connectivity index (χ4v) is 2.05. The molecule has 0 aliphatic carbocycles. The van der Waals surface area contributed by atoms with Crippen LogP contribution in [0.25, 0.3) is 0 Å². The number of unbranched alkanes of at least 4 members (excludes halogenated alkanes) is 1. The molecule has 0 saturated carbocycles. The van der Waals surface area contributed by atoms with Gasteiger partial charge in [0.25, 0.3) is 5.91 Å². The zero-order valence-electron chi connectivity index (χ0n) is 13.2. The third-order valence-electron chi connectivity index (χ3n) is 3.32. The number of aliphatic hydroxyl groups excluding tert-OH is 1. The van der Waals surface area contributed by atoms with Gasteiger partial charge in [-0.05, 0) is 44.0 Å². The summed E-state index contributed by atoms with van der Waals surface area (Å²) in [6.45, 7) is 6.20. The molecule has 114 valence electrons. The van der Waals surface area contributed by atoms with Crippen LogP contribution in [0.4, 0.5) is 0 Å². The molecule has 0 saturated heterocycles. The number of carbonyl (C=O) groups excluding carboxylic acids is 1. The molecule has 0 heterocycles. The molecular formula is C18H25NO2. The molecule has 21 heavy (non-hydrogen) atoms. The first-order valence-electron chi connectivity index (χ1n) is 7.59. The summed E-state index contributed by atoms with van der Waals surface area (Å²) in [4.78, 5) is 12.2. The first-order chi connectivity index (χ1) is 10.1. The van der Waals surface area contributed by atoms with E-state index in [-0.39, 0.29) is 18.6 Å². The average molecular weight is 287 g/mol. The Morgan fingerprint density at radius 3 is 2.81 bits per heavy atom. The van der Waals surface area contributed by atoms with Gasteiger partial charge in [0.05, 0.1) is 6.61 Å². The van der Waals surface area contributed by atoms with Gasteiger partial charge in [0.1, 0.15) is 0 Å². The fraction of sp³-hybridized carbons (Fsp3) is 0.500. The van der Waals surface area contributed by atoms with E-state index in [1.807, 2.05) is 26.0 Å². The van der Waals surface area contributed by atoms with Gasteiger partial charge in [-0.25, -0.2) is 0 Å². The predicted molar refractivity (Wildman–Crippen MR) is 86.2 cm³/mol. The van der Waals surface area contributed by atoms with Crippen LogP contribution in [0.3, 0.4) is 0 Å². The zero-order chi connectivity index (χ0) is 15.7. The van der Waals surface area contributed by atoms with Crippen molar-refractivity contribution in [2.75, 3.05) is 6.61 Å². The van der Waals surface area contributed by atoms with Crippen LogP contribution in [0.5, 0.6) is 0 Å². The number of rotatable bonds is 6. The molecule has 1 atom stereocenters. The summed E-state index contributed by atoms with van der Waals surface area (Å²) in [5, 5.41) is 11.7. The highest BCUT2D eigenvalue weighted by Crippen LogP contribution is 2.11. The number of aliphatic hydroxyl groups is 1. The molecule has 0 radical (unpaired) electrons. The van der Waals surface area contributed by atoms with Crippen LogP contribution in [0.15, 0.2) is 18.2 Å². The van der Waals surface area contributed by atoms with E-state index in [0.29, 0.717) is 12.0 Å². The Kier molecular flexibility index (Phi) is 7.56. The van der Waals surface area contributed by atoms with Crippen molar-refractivity contribution in [2.45, 2.75) is 52.5 Å². The van der Waals surface area contributed by atoms with Gasteiger partial charge in [-0.15, -0.1) is 0 Å². The highest BCUT2D eigenvalue weighted by atomic mass is 16.2. The molecule has 0 bridgehead atoms. The summed E-state index contributed by atoms with van der Waals surface area (Å²) in [5.74, 6) is 5.87. The highest BCUT2D eigenvalue weighted by Gasteiger charge is 2.10. The van der Waals surface area contributed by atoms with Gasteiger partial charge in [-0.1, -0.05) is 31.6 Å². The molecule has 1 unspecified atom stereocenters. The van der Waals surface area contributed by atoms with E-state index in [2.05, 4.69) is 24.1 Å². The second kappa shape index (κ2) is 9.20. The SMILES string of the molecule is CCCCC(C)NC(=O)c1ccc(C#CCCO)c(C)c1. The van der Waals surface area contributed by atoms with Crippen molar-refractivity contribution in [2.24, 2.45) is 0 Å². The lowest BCUT2D eigenvalue weighted by Crippen LogP contribution is -2.32. The van der Waals surface area contributed by atoms with Crippen LogP contribution in [-0.4, -0.2) is 23.7 Å². The third kappa shape index (κ3) is 6.01. The maximum atomic E-state index is 12.2. The molecule has 1 rings (SSSR count). The second-order valence-electron chi connectivity index (χ2n) is 5.32. The maximum Gasteiger partial charge on any atom is 0.251 e. The van der Waals surface area contributed by atoms with E-state index in [9.17, 15) is 4.79 Å². The number of amides is 1. The lowest BCUT2D eigenvalue weighted by atomic mass is 10.0. The first kappa shape index (κ1) is 17.3.